The maximum absolute atomic E-state index is 12.2. The van der Waals surface area contributed by atoms with Crippen molar-refractivity contribution in [3.05, 3.63) is 0 Å². The molecule has 2 unspecified atom stereocenters. The Hall–Kier alpha value is -0.570. The van der Waals surface area contributed by atoms with Crippen molar-refractivity contribution < 1.29 is 4.79 Å². The smallest absolute Gasteiger partial charge is 0.241 e. The maximum Gasteiger partial charge on any atom is 0.241 e. The lowest BCUT2D eigenvalue weighted by Crippen LogP contribution is -2.37. The maximum atomic E-state index is 12.2. The highest BCUT2D eigenvalue weighted by atomic mass is 16.2. The summed E-state index contributed by atoms with van der Waals surface area (Å²) in [6.07, 6.45) is 8.14. The summed E-state index contributed by atoms with van der Waals surface area (Å²) >= 11 is 0. The summed E-state index contributed by atoms with van der Waals surface area (Å²) in [4.78, 5) is 14.3. The molecule has 0 aliphatic carbocycles. The Morgan fingerprint density at radius 3 is 2.35 bits per heavy atom. The predicted molar refractivity (Wildman–Crippen MR) is 71.8 cm³/mol. The highest BCUT2D eigenvalue weighted by molar-refractivity contribution is 5.84. The minimum Gasteiger partial charge on any atom is -0.326 e. The van der Waals surface area contributed by atoms with Crippen LogP contribution in [-0.4, -0.2) is 29.6 Å². The zero-order valence-electron chi connectivity index (χ0n) is 11.7. The SMILES string of the molecule is CCCCCN1C(=O)C(CCC)NC1CCC. The van der Waals surface area contributed by atoms with Crippen molar-refractivity contribution >= 4 is 5.91 Å². The van der Waals surface area contributed by atoms with Crippen LogP contribution in [0.4, 0.5) is 0 Å². The van der Waals surface area contributed by atoms with Crippen LogP contribution in [0.25, 0.3) is 0 Å². The van der Waals surface area contributed by atoms with Crippen molar-refractivity contribution in [2.24, 2.45) is 0 Å². The molecule has 100 valence electrons. The van der Waals surface area contributed by atoms with Crippen LogP contribution < -0.4 is 5.32 Å². The van der Waals surface area contributed by atoms with Crippen molar-refractivity contribution in [1.82, 2.24) is 10.2 Å². The first kappa shape index (κ1) is 14.5. The Balaban J connectivity index is 2.52. The van der Waals surface area contributed by atoms with Crippen LogP contribution in [0.15, 0.2) is 0 Å². The minimum atomic E-state index is 0.0816. The number of carbonyl (C=O) groups is 1. The molecule has 1 fully saturated rings. The summed E-state index contributed by atoms with van der Waals surface area (Å²) in [5.41, 5.74) is 0. The Labute approximate surface area is 106 Å². The molecule has 1 aliphatic rings. The number of amides is 1. The van der Waals surface area contributed by atoms with E-state index in [1.165, 1.54) is 12.8 Å². The van der Waals surface area contributed by atoms with Crippen LogP contribution in [0.2, 0.25) is 0 Å². The second kappa shape index (κ2) is 7.70. The van der Waals surface area contributed by atoms with Gasteiger partial charge in [-0.15, -0.1) is 0 Å². The molecule has 0 radical (unpaired) electrons. The first-order valence-corrected chi connectivity index (χ1v) is 7.31. The highest BCUT2D eigenvalue weighted by Gasteiger charge is 2.36. The van der Waals surface area contributed by atoms with Gasteiger partial charge in [0, 0.05) is 6.54 Å². The third kappa shape index (κ3) is 3.98. The second-order valence-electron chi connectivity index (χ2n) is 5.05. The first-order chi connectivity index (χ1) is 8.24. The Bertz CT molecular complexity index is 230. The molecule has 17 heavy (non-hydrogen) atoms. The molecule has 3 heteroatoms. The second-order valence-corrected chi connectivity index (χ2v) is 5.05. The molecular formula is C14H28N2O. The fraction of sp³-hybridized carbons (Fsp3) is 0.929. The number of hydrogen-bond acceptors (Lipinski definition) is 2. The van der Waals surface area contributed by atoms with E-state index < -0.39 is 0 Å². The van der Waals surface area contributed by atoms with E-state index >= 15 is 0 Å². The van der Waals surface area contributed by atoms with Gasteiger partial charge in [-0.1, -0.05) is 46.5 Å². The van der Waals surface area contributed by atoms with E-state index in [1.807, 2.05) is 0 Å². The Morgan fingerprint density at radius 2 is 1.76 bits per heavy atom. The molecule has 1 rings (SSSR count). The lowest BCUT2D eigenvalue weighted by Gasteiger charge is -2.23. The van der Waals surface area contributed by atoms with Gasteiger partial charge in [0.15, 0.2) is 0 Å². The highest BCUT2D eigenvalue weighted by Crippen LogP contribution is 2.18. The summed E-state index contributed by atoms with van der Waals surface area (Å²) in [6, 6.07) is 0.0816. The molecule has 1 amide bonds. The zero-order valence-corrected chi connectivity index (χ0v) is 11.7. The monoisotopic (exact) mass is 240 g/mol. The molecule has 0 bridgehead atoms. The largest absolute Gasteiger partial charge is 0.326 e. The lowest BCUT2D eigenvalue weighted by molar-refractivity contribution is -0.130. The van der Waals surface area contributed by atoms with Gasteiger partial charge in [-0.05, 0) is 19.3 Å². The fourth-order valence-electron chi connectivity index (χ4n) is 2.55. The normalized spacial score (nSPS) is 24.6. The summed E-state index contributed by atoms with van der Waals surface area (Å²) in [5, 5.41) is 3.50. The minimum absolute atomic E-state index is 0.0816. The average molecular weight is 240 g/mol. The number of nitrogens with zero attached hydrogens (tertiary/aromatic N) is 1. The Morgan fingerprint density at radius 1 is 1.06 bits per heavy atom. The number of carbonyl (C=O) groups excluding carboxylic acids is 1. The average Bonchev–Trinajstić information content (AvgIpc) is 2.59. The molecule has 0 aromatic rings. The number of rotatable bonds is 8. The summed E-state index contributed by atoms with van der Waals surface area (Å²) in [5.74, 6) is 0.335. The molecule has 1 aliphatic heterocycles. The summed E-state index contributed by atoms with van der Waals surface area (Å²) in [7, 11) is 0. The summed E-state index contributed by atoms with van der Waals surface area (Å²) < 4.78 is 0. The van der Waals surface area contributed by atoms with Crippen molar-refractivity contribution in [3.8, 4) is 0 Å². The van der Waals surface area contributed by atoms with Crippen molar-refractivity contribution in [3.63, 3.8) is 0 Å². The predicted octanol–water partition coefficient (Wildman–Crippen LogP) is 2.90. The van der Waals surface area contributed by atoms with Crippen molar-refractivity contribution in [2.75, 3.05) is 6.54 Å². The van der Waals surface area contributed by atoms with Crippen LogP contribution in [0.5, 0.6) is 0 Å². The van der Waals surface area contributed by atoms with Gasteiger partial charge in [-0.25, -0.2) is 0 Å². The van der Waals surface area contributed by atoms with Crippen LogP contribution in [-0.2, 0) is 4.79 Å². The molecule has 1 heterocycles. The van der Waals surface area contributed by atoms with Gasteiger partial charge in [0.2, 0.25) is 5.91 Å². The lowest BCUT2D eigenvalue weighted by atomic mass is 10.1. The van der Waals surface area contributed by atoms with Crippen LogP contribution in [0, 0.1) is 0 Å². The van der Waals surface area contributed by atoms with E-state index in [0.717, 1.165) is 38.6 Å². The molecule has 1 N–H and O–H groups in total. The van der Waals surface area contributed by atoms with Crippen LogP contribution >= 0.6 is 0 Å². The van der Waals surface area contributed by atoms with Crippen molar-refractivity contribution in [2.45, 2.75) is 77.9 Å². The quantitative estimate of drug-likeness (QED) is 0.662. The molecule has 1 saturated heterocycles. The van der Waals surface area contributed by atoms with Gasteiger partial charge in [0.05, 0.1) is 12.2 Å². The molecule has 3 nitrogen and oxygen atoms in total. The first-order valence-electron chi connectivity index (χ1n) is 7.31. The molecule has 2 atom stereocenters. The van der Waals surface area contributed by atoms with E-state index in [4.69, 9.17) is 0 Å². The number of hydrogen-bond donors (Lipinski definition) is 1. The standard InChI is InChI=1S/C14H28N2O/c1-4-7-8-11-16-13(10-6-3)15-12(9-5-2)14(16)17/h12-13,15H,4-11H2,1-3H3. The van der Waals surface area contributed by atoms with E-state index in [1.54, 1.807) is 0 Å². The van der Waals surface area contributed by atoms with E-state index in [9.17, 15) is 4.79 Å². The topological polar surface area (TPSA) is 32.3 Å². The van der Waals surface area contributed by atoms with Gasteiger partial charge < -0.3 is 4.90 Å². The van der Waals surface area contributed by atoms with Gasteiger partial charge in [-0.3, -0.25) is 10.1 Å². The van der Waals surface area contributed by atoms with E-state index in [0.29, 0.717) is 12.1 Å². The van der Waals surface area contributed by atoms with E-state index in [-0.39, 0.29) is 6.04 Å². The third-order valence-corrected chi connectivity index (χ3v) is 3.49. The molecule has 0 aromatic carbocycles. The summed E-state index contributed by atoms with van der Waals surface area (Å²) in [6.45, 7) is 7.46. The molecular weight excluding hydrogens is 212 g/mol. The zero-order chi connectivity index (χ0) is 12.7. The molecule has 0 saturated carbocycles. The van der Waals surface area contributed by atoms with Crippen molar-refractivity contribution in [1.29, 1.82) is 0 Å². The van der Waals surface area contributed by atoms with Gasteiger partial charge in [0.25, 0.3) is 0 Å². The van der Waals surface area contributed by atoms with Gasteiger partial charge in [0.1, 0.15) is 0 Å². The van der Waals surface area contributed by atoms with Crippen LogP contribution in [0.1, 0.15) is 65.7 Å². The molecule has 0 aromatic heterocycles. The molecule has 0 spiro atoms. The number of nitrogens with one attached hydrogen (secondary N) is 1. The third-order valence-electron chi connectivity index (χ3n) is 3.49. The Kier molecular flexibility index (Phi) is 6.56. The van der Waals surface area contributed by atoms with Crippen LogP contribution in [0.3, 0.4) is 0 Å². The number of unbranched alkanes of at least 4 members (excludes halogenated alkanes) is 2. The fourth-order valence-corrected chi connectivity index (χ4v) is 2.55. The van der Waals surface area contributed by atoms with E-state index in [2.05, 4.69) is 31.0 Å². The van der Waals surface area contributed by atoms with Gasteiger partial charge >= 0.3 is 0 Å². The van der Waals surface area contributed by atoms with Gasteiger partial charge in [-0.2, -0.15) is 0 Å².